The molecule has 2 aromatic carbocycles. The van der Waals surface area contributed by atoms with Gasteiger partial charge in [-0.05, 0) is 49.6 Å². The zero-order chi connectivity index (χ0) is 17.0. The quantitative estimate of drug-likeness (QED) is 0.818. The summed E-state index contributed by atoms with van der Waals surface area (Å²) in [6.07, 6.45) is 2.31. The number of carbonyl (C=O) groups excluding carboxylic acids is 1. The Kier molecular flexibility index (Phi) is 5.14. The van der Waals surface area contributed by atoms with Gasteiger partial charge in [0, 0.05) is 16.2 Å². The highest BCUT2D eigenvalue weighted by Gasteiger charge is 2.44. The van der Waals surface area contributed by atoms with E-state index in [0.29, 0.717) is 0 Å². The van der Waals surface area contributed by atoms with Gasteiger partial charge in [-0.15, -0.1) is 11.8 Å². The fourth-order valence-electron chi connectivity index (χ4n) is 2.64. The summed E-state index contributed by atoms with van der Waals surface area (Å²) in [5.41, 5.74) is 1.01. The summed E-state index contributed by atoms with van der Waals surface area (Å²) in [5.74, 6) is 0.732. The highest BCUT2D eigenvalue weighted by Crippen LogP contribution is 2.51. The Bertz CT molecular complexity index is 681. The number of ether oxygens (including phenoxy) is 1. The second-order valence-electron chi connectivity index (χ2n) is 6.31. The fraction of sp³-hybridized carbons (Fsp3) is 0.350. The van der Waals surface area contributed by atoms with Crippen LogP contribution in [0, 0.1) is 0 Å². The number of thioether (sulfide) groups is 1. The van der Waals surface area contributed by atoms with E-state index in [4.69, 9.17) is 4.74 Å². The van der Waals surface area contributed by atoms with Gasteiger partial charge in [-0.2, -0.15) is 0 Å². The first-order chi connectivity index (χ1) is 11.6. The standard InChI is InChI=1S/C20H23NO2S/c1-15(16-8-10-17(23-2)11-9-16)19(22)21-14-20(12-13-20)24-18-6-4-3-5-7-18/h3-11,15H,12-14H2,1-2H3,(H,21,22). The SMILES string of the molecule is COc1ccc(C(C)C(=O)NCC2(Sc3ccccc3)CC2)cc1. The zero-order valence-electron chi connectivity index (χ0n) is 14.1. The molecule has 0 spiro atoms. The highest BCUT2D eigenvalue weighted by molar-refractivity contribution is 8.01. The molecule has 0 aromatic heterocycles. The number of hydrogen-bond donors (Lipinski definition) is 1. The summed E-state index contributed by atoms with van der Waals surface area (Å²) in [4.78, 5) is 13.7. The first kappa shape index (κ1) is 16.9. The number of methoxy groups -OCH3 is 1. The molecular formula is C20H23NO2S. The van der Waals surface area contributed by atoms with E-state index < -0.39 is 0 Å². The molecular weight excluding hydrogens is 318 g/mol. The van der Waals surface area contributed by atoms with Gasteiger partial charge < -0.3 is 10.1 Å². The minimum Gasteiger partial charge on any atom is -0.497 e. The molecule has 1 fully saturated rings. The third-order valence-electron chi connectivity index (χ3n) is 4.48. The minimum absolute atomic E-state index is 0.0834. The van der Waals surface area contributed by atoms with Gasteiger partial charge in [-0.1, -0.05) is 30.3 Å². The molecule has 0 saturated heterocycles. The Balaban J connectivity index is 1.54. The van der Waals surface area contributed by atoms with E-state index in [-0.39, 0.29) is 16.6 Å². The van der Waals surface area contributed by atoms with Gasteiger partial charge in [0.25, 0.3) is 0 Å². The summed E-state index contributed by atoms with van der Waals surface area (Å²) >= 11 is 1.88. The van der Waals surface area contributed by atoms with Crippen LogP contribution >= 0.6 is 11.8 Å². The van der Waals surface area contributed by atoms with Crippen LogP contribution in [0.3, 0.4) is 0 Å². The van der Waals surface area contributed by atoms with Crippen molar-refractivity contribution >= 4 is 17.7 Å². The van der Waals surface area contributed by atoms with Gasteiger partial charge in [-0.25, -0.2) is 0 Å². The summed E-state index contributed by atoms with van der Waals surface area (Å²) in [6.45, 7) is 2.67. The predicted molar refractivity (Wildman–Crippen MR) is 98.7 cm³/mol. The lowest BCUT2D eigenvalue weighted by Gasteiger charge is -2.18. The van der Waals surface area contributed by atoms with Crippen LogP contribution in [0.5, 0.6) is 5.75 Å². The van der Waals surface area contributed by atoms with Crippen LogP contribution in [0.2, 0.25) is 0 Å². The van der Waals surface area contributed by atoms with E-state index in [1.165, 1.54) is 4.90 Å². The molecule has 1 aliphatic carbocycles. The Morgan fingerprint density at radius 2 is 1.83 bits per heavy atom. The molecule has 2 aromatic rings. The summed E-state index contributed by atoms with van der Waals surface area (Å²) in [5, 5.41) is 3.14. The van der Waals surface area contributed by atoms with E-state index in [1.54, 1.807) is 7.11 Å². The van der Waals surface area contributed by atoms with Crippen molar-refractivity contribution in [1.82, 2.24) is 5.32 Å². The van der Waals surface area contributed by atoms with Crippen LogP contribution in [0.4, 0.5) is 0 Å². The number of carbonyl (C=O) groups is 1. The van der Waals surface area contributed by atoms with E-state index >= 15 is 0 Å². The van der Waals surface area contributed by atoms with Crippen LogP contribution in [0.25, 0.3) is 0 Å². The van der Waals surface area contributed by atoms with Crippen molar-refractivity contribution in [2.75, 3.05) is 13.7 Å². The average molecular weight is 341 g/mol. The van der Waals surface area contributed by atoms with Crippen LogP contribution in [0.15, 0.2) is 59.5 Å². The molecule has 0 heterocycles. The second kappa shape index (κ2) is 7.31. The normalized spacial score (nSPS) is 16.2. The van der Waals surface area contributed by atoms with Crippen molar-refractivity contribution < 1.29 is 9.53 Å². The molecule has 1 aliphatic rings. The largest absolute Gasteiger partial charge is 0.497 e. The minimum atomic E-state index is -0.159. The molecule has 4 heteroatoms. The molecule has 1 unspecified atom stereocenters. The molecule has 126 valence electrons. The van der Waals surface area contributed by atoms with E-state index in [9.17, 15) is 4.79 Å². The van der Waals surface area contributed by atoms with Crippen LogP contribution in [-0.2, 0) is 4.79 Å². The first-order valence-electron chi connectivity index (χ1n) is 8.28. The Labute approximate surface area is 147 Å². The van der Waals surface area contributed by atoms with Gasteiger partial charge in [0.2, 0.25) is 5.91 Å². The number of amides is 1. The molecule has 1 amide bonds. The van der Waals surface area contributed by atoms with Crippen LogP contribution in [-0.4, -0.2) is 24.3 Å². The number of benzene rings is 2. The Morgan fingerprint density at radius 3 is 2.42 bits per heavy atom. The predicted octanol–water partition coefficient (Wildman–Crippen LogP) is 4.24. The number of rotatable bonds is 7. The van der Waals surface area contributed by atoms with Crippen molar-refractivity contribution in [1.29, 1.82) is 0 Å². The fourth-order valence-corrected chi connectivity index (χ4v) is 3.88. The maximum atomic E-state index is 12.5. The van der Waals surface area contributed by atoms with Crippen molar-refractivity contribution in [3.63, 3.8) is 0 Å². The van der Waals surface area contributed by atoms with Crippen LogP contribution in [0.1, 0.15) is 31.2 Å². The average Bonchev–Trinajstić information content (AvgIpc) is 3.39. The molecule has 24 heavy (non-hydrogen) atoms. The molecule has 1 atom stereocenters. The zero-order valence-corrected chi connectivity index (χ0v) is 14.9. The van der Waals surface area contributed by atoms with Crippen LogP contribution < -0.4 is 10.1 Å². The molecule has 0 aliphatic heterocycles. The van der Waals surface area contributed by atoms with Crippen molar-refractivity contribution in [3.8, 4) is 5.75 Å². The molecule has 3 nitrogen and oxygen atoms in total. The van der Waals surface area contributed by atoms with Gasteiger partial charge in [-0.3, -0.25) is 4.79 Å². The Hall–Kier alpha value is -1.94. The number of nitrogens with one attached hydrogen (secondary N) is 1. The molecule has 0 radical (unpaired) electrons. The van der Waals surface area contributed by atoms with E-state index in [2.05, 4.69) is 29.6 Å². The second-order valence-corrected chi connectivity index (χ2v) is 7.85. The maximum Gasteiger partial charge on any atom is 0.227 e. The maximum absolute atomic E-state index is 12.5. The third-order valence-corrected chi connectivity index (χ3v) is 5.97. The molecule has 3 rings (SSSR count). The molecule has 1 saturated carbocycles. The van der Waals surface area contributed by atoms with Gasteiger partial charge in [0.1, 0.15) is 5.75 Å². The summed E-state index contributed by atoms with van der Waals surface area (Å²) in [7, 11) is 1.64. The van der Waals surface area contributed by atoms with Gasteiger partial charge >= 0.3 is 0 Å². The lowest BCUT2D eigenvalue weighted by atomic mass is 10.0. The lowest BCUT2D eigenvalue weighted by Crippen LogP contribution is -2.34. The number of hydrogen-bond acceptors (Lipinski definition) is 3. The van der Waals surface area contributed by atoms with Crippen molar-refractivity contribution in [2.24, 2.45) is 0 Å². The summed E-state index contributed by atoms with van der Waals surface area (Å²) in [6, 6.07) is 18.1. The topological polar surface area (TPSA) is 38.3 Å². The molecule has 1 N–H and O–H groups in total. The highest BCUT2D eigenvalue weighted by atomic mass is 32.2. The third kappa shape index (κ3) is 4.12. The first-order valence-corrected chi connectivity index (χ1v) is 9.09. The van der Waals surface area contributed by atoms with Crippen molar-refractivity contribution in [3.05, 3.63) is 60.2 Å². The smallest absolute Gasteiger partial charge is 0.227 e. The monoisotopic (exact) mass is 341 g/mol. The Morgan fingerprint density at radius 1 is 1.17 bits per heavy atom. The van der Waals surface area contributed by atoms with Gasteiger partial charge in [0.15, 0.2) is 0 Å². The molecule has 0 bridgehead atoms. The van der Waals surface area contributed by atoms with E-state index in [0.717, 1.165) is 30.7 Å². The van der Waals surface area contributed by atoms with E-state index in [1.807, 2.05) is 49.0 Å². The van der Waals surface area contributed by atoms with Gasteiger partial charge in [0.05, 0.1) is 13.0 Å². The lowest BCUT2D eigenvalue weighted by molar-refractivity contribution is -0.122. The van der Waals surface area contributed by atoms with Crippen molar-refractivity contribution in [2.45, 2.75) is 35.3 Å². The summed E-state index contributed by atoms with van der Waals surface area (Å²) < 4.78 is 5.34.